The standard InChI is InChI=1S/C18H22ClNO/c19-14-1-2-15-16(6-14)21-17(10-20-15)18-7-11-3-12(8-18)5-13(4-11)9-18/h1-2,6,11-13,17,20H,3-5,7-10H2. The van der Waals surface area contributed by atoms with Gasteiger partial charge in [-0.1, -0.05) is 11.6 Å². The number of benzene rings is 1. The summed E-state index contributed by atoms with van der Waals surface area (Å²) in [6, 6.07) is 5.94. The van der Waals surface area contributed by atoms with Gasteiger partial charge in [0.1, 0.15) is 11.9 Å². The number of ether oxygens (including phenoxy) is 1. The van der Waals surface area contributed by atoms with Crippen molar-refractivity contribution >= 4 is 17.3 Å². The van der Waals surface area contributed by atoms with Crippen molar-refractivity contribution in [3.63, 3.8) is 0 Å². The van der Waals surface area contributed by atoms with Gasteiger partial charge in [0.05, 0.1) is 12.2 Å². The molecule has 0 amide bonds. The molecule has 112 valence electrons. The average Bonchev–Trinajstić information content (AvgIpc) is 2.45. The topological polar surface area (TPSA) is 21.3 Å². The molecule has 0 spiro atoms. The number of fused-ring (bicyclic) bond motifs is 1. The highest BCUT2D eigenvalue weighted by Gasteiger charge is 2.55. The monoisotopic (exact) mass is 303 g/mol. The second-order valence-electron chi connectivity index (χ2n) is 7.91. The quantitative estimate of drug-likeness (QED) is 0.810. The Kier molecular flexibility index (Phi) is 2.60. The van der Waals surface area contributed by atoms with Crippen molar-refractivity contribution in [2.45, 2.75) is 44.6 Å². The van der Waals surface area contributed by atoms with Crippen molar-refractivity contribution in [3.8, 4) is 5.75 Å². The number of hydrogen-bond acceptors (Lipinski definition) is 2. The number of hydrogen-bond donors (Lipinski definition) is 1. The number of halogens is 1. The lowest BCUT2D eigenvalue weighted by Crippen LogP contribution is -2.56. The Balaban J connectivity index is 1.46. The van der Waals surface area contributed by atoms with Crippen LogP contribution in [0.15, 0.2) is 18.2 Å². The number of anilines is 1. The average molecular weight is 304 g/mol. The molecule has 3 heteroatoms. The van der Waals surface area contributed by atoms with Crippen LogP contribution in [0.3, 0.4) is 0 Å². The normalized spacial score (nSPS) is 43.1. The highest BCUT2D eigenvalue weighted by molar-refractivity contribution is 6.30. The second-order valence-corrected chi connectivity index (χ2v) is 8.34. The first kappa shape index (κ1) is 12.6. The molecule has 1 aromatic carbocycles. The highest BCUT2D eigenvalue weighted by Crippen LogP contribution is 2.62. The molecule has 4 bridgehead atoms. The fourth-order valence-corrected chi connectivity index (χ4v) is 6.21. The van der Waals surface area contributed by atoms with Gasteiger partial charge in [-0.3, -0.25) is 0 Å². The van der Waals surface area contributed by atoms with Crippen LogP contribution in [0.2, 0.25) is 5.02 Å². The summed E-state index contributed by atoms with van der Waals surface area (Å²) in [6.07, 6.45) is 8.96. The molecule has 2 nitrogen and oxygen atoms in total. The highest BCUT2D eigenvalue weighted by atomic mass is 35.5. The third-order valence-corrected chi connectivity index (χ3v) is 6.69. The van der Waals surface area contributed by atoms with Crippen molar-refractivity contribution in [2.75, 3.05) is 11.9 Å². The van der Waals surface area contributed by atoms with Gasteiger partial charge < -0.3 is 10.1 Å². The summed E-state index contributed by atoms with van der Waals surface area (Å²) in [5, 5.41) is 4.35. The van der Waals surface area contributed by atoms with Gasteiger partial charge >= 0.3 is 0 Å². The van der Waals surface area contributed by atoms with Crippen LogP contribution in [0.1, 0.15) is 38.5 Å². The first-order valence-corrected chi connectivity index (χ1v) is 8.78. The molecule has 4 aliphatic carbocycles. The van der Waals surface area contributed by atoms with E-state index in [2.05, 4.69) is 5.32 Å². The lowest BCUT2D eigenvalue weighted by Gasteiger charge is -2.59. The summed E-state index contributed by atoms with van der Waals surface area (Å²) in [6.45, 7) is 0.959. The van der Waals surface area contributed by atoms with Crippen LogP contribution >= 0.6 is 11.6 Å². The van der Waals surface area contributed by atoms with Crippen LogP contribution in [-0.2, 0) is 0 Å². The van der Waals surface area contributed by atoms with Gasteiger partial charge in [-0.25, -0.2) is 0 Å². The molecule has 1 aromatic rings. The second kappa shape index (κ2) is 4.32. The zero-order valence-corrected chi connectivity index (χ0v) is 13.0. The van der Waals surface area contributed by atoms with Gasteiger partial charge in [-0.2, -0.15) is 0 Å². The molecular formula is C18H22ClNO. The van der Waals surface area contributed by atoms with Gasteiger partial charge in [0.25, 0.3) is 0 Å². The smallest absolute Gasteiger partial charge is 0.144 e. The minimum atomic E-state index is 0.330. The van der Waals surface area contributed by atoms with Crippen molar-refractivity contribution in [3.05, 3.63) is 23.2 Å². The Morgan fingerprint density at radius 3 is 2.38 bits per heavy atom. The molecule has 0 radical (unpaired) electrons. The lowest BCUT2D eigenvalue weighted by molar-refractivity contribution is -0.108. The molecule has 6 rings (SSSR count). The minimum absolute atomic E-state index is 0.330. The summed E-state index contributed by atoms with van der Waals surface area (Å²) in [7, 11) is 0. The van der Waals surface area contributed by atoms with Gasteiger partial charge in [-0.05, 0) is 68.4 Å². The summed E-state index contributed by atoms with van der Waals surface area (Å²) in [4.78, 5) is 0. The number of nitrogens with one attached hydrogen (secondary N) is 1. The first-order valence-electron chi connectivity index (χ1n) is 8.40. The molecule has 1 atom stereocenters. The third kappa shape index (κ3) is 1.91. The summed E-state index contributed by atoms with van der Waals surface area (Å²) < 4.78 is 6.45. The molecular weight excluding hydrogens is 282 g/mol. The summed E-state index contributed by atoms with van der Waals surface area (Å²) in [5.41, 5.74) is 1.53. The summed E-state index contributed by atoms with van der Waals surface area (Å²) in [5.74, 6) is 3.87. The third-order valence-electron chi connectivity index (χ3n) is 6.46. The zero-order valence-electron chi connectivity index (χ0n) is 12.3. The van der Waals surface area contributed by atoms with E-state index >= 15 is 0 Å². The van der Waals surface area contributed by atoms with Crippen LogP contribution in [0.4, 0.5) is 5.69 Å². The van der Waals surface area contributed by atoms with E-state index in [0.29, 0.717) is 11.5 Å². The van der Waals surface area contributed by atoms with E-state index in [4.69, 9.17) is 16.3 Å². The molecule has 4 saturated carbocycles. The maximum Gasteiger partial charge on any atom is 0.144 e. The van der Waals surface area contributed by atoms with Crippen LogP contribution in [0, 0.1) is 23.2 Å². The van der Waals surface area contributed by atoms with Crippen LogP contribution in [0.25, 0.3) is 0 Å². The molecule has 4 fully saturated rings. The molecule has 1 heterocycles. The Hall–Kier alpha value is -0.890. The van der Waals surface area contributed by atoms with Crippen LogP contribution in [0.5, 0.6) is 5.75 Å². The molecule has 5 aliphatic rings. The SMILES string of the molecule is Clc1ccc2c(c1)OC(C13CC4CC(CC(C4)C1)C3)CN2. The molecule has 0 aromatic heterocycles. The van der Waals surface area contributed by atoms with E-state index < -0.39 is 0 Å². The van der Waals surface area contributed by atoms with Gasteiger partial charge in [0.15, 0.2) is 0 Å². The molecule has 1 N–H and O–H groups in total. The van der Waals surface area contributed by atoms with E-state index in [1.165, 1.54) is 38.5 Å². The molecule has 0 saturated heterocycles. The van der Waals surface area contributed by atoms with E-state index in [1.807, 2.05) is 18.2 Å². The summed E-state index contributed by atoms with van der Waals surface area (Å²) >= 11 is 6.14. The minimum Gasteiger partial charge on any atom is -0.486 e. The number of rotatable bonds is 1. The molecule has 21 heavy (non-hydrogen) atoms. The first-order chi connectivity index (χ1) is 10.2. The maximum atomic E-state index is 6.45. The van der Waals surface area contributed by atoms with Crippen LogP contribution in [-0.4, -0.2) is 12.6 Å². The van der Waals surface area contributed by atoms with E-state index in [9.17, 15) is 0 Å². The zero-order chi connectivity index (χ0) is 14.0. The largest absolute Gasteiger partial charge is 0.486 e. The predicted octanol–water partition coefficient (Wildman–Crippen LogP) is 4.73. The molecule has 1 unspecified atom stereocenters. The van der Waals surface area contributed by atoms with E-state index in [1.54, 1.807) is 0 Å². The Labute approximate surface area is 131 Å². The lowest BCUT2D eigenvalue weighted by atomic mass is 9.48. The fraction of sp³-hybridized carbons (Fsp3) is 0.667. The van der Waals surface area contributed by atoms with Crippen molar-refractivity contribution in [1.29, 1.82) is 0 Å². The van der Waals surface area contributed by atoms with Gasteiger partial charge in [0.2, 0.25) is 0 Å². The van der Waals surface area contributed by atoms with Gasteiger partial charge in [0, 0.05) is 16.5 Å². The molecule has 1 aliphatic heterocycles. The van der Waals surface area contributed by atoms with Gasteiger partial charge in [-0.15, -0.1) is 0 Å². The van der Waals surface area contributed by atoms with Crippen LogP contribution < -0.4 is 10.1 Å². The maximum absolute atomic E-state index is 6.45. The Bertz CT molecular complexity index is 549. The Morgan fingerprint density at radius 2 is 1.71 bits per heavy atom. The van der Waals surface area contributed by atoms with Crippen molar-refractivity contribution in [1.82, 2.24) is 0 Å². The fourth-order valence-electron chi connectivity index (χ4n) is 6.05. The van der Waals surface area contributed by atoms with E-state index in [-0.39, 0.29) is 0 Å². The predicted molar refractivity (Wildman–Crippen MR) is 85.0 cm³/mol. The van der Waals surface area contributed by atoms with Crippen molar-refractivity contribution in [2.24, 2.45) is 23.2 Å². The van der Waals surface area contributed by atoms with Crippen molar-refractivity contribution < 1.29 is 4.74 Å². The van der Waals surface area contributed by atoms with E-state index in [0.717, 1.165) is 40.8 Å². The Morgan fingerprint density at radius 1 is 1.05 bits per heavy atom.